The normalized spacial score (nSPS) is 15.5. The zero-order valence-electron chi connectivity index (χ0n) is 7.01. The van der Waals surface area contributed by atoms with Gasteiger partial charge in [-0.05, 0) is 31.0 Å². The number of amides is 1. The van der Waals surface area contributed by atoms with Crippen molar-refractivity contribution in [1.82, 2.24) is 5.32 Å². The van der Waals surface area contributed by atoms with Gasteiger partial charge in [0.1, 0.15) is 5.82 Å². The maximum Gasteiger partial charge on any atom is 0.252 e. The molecule has 67 valence electrons. The van der Waals surface area contributed by atoms with Crippen molar-refractivity contribution in [3.63, 3.8) is 0 Å². The number of rotatable bonds is 2. The van der Waals surface area contributed by atoms with Gasteiger partial charge in [0, 0.05) is 6.04 Å². The Labute approximate surface area is 75.8 Å². The smallest absolute Gasteiger partial charge is 0.252 e. The SMILES string of the molecule is O=C(NC1CC1)c1[c]ccc(F)c1. The Morgan fingerprint density at radius 1 is 1.62 bits per heavy atom. The Balaban J connectivity index is 2.09. The molecule has 0 aliphatic heterocycles. The molecule has 1 aliphatic carbocycles. The van der Waals surface area contributed by atoms with E-state index in [4.69, 9.17) is 0 Å². The van der Waals surface area contributed by atoms with Crippen LogP contribution in [-0.2, 0) is 0 Å². The average molecular weight is 178 g/mol. The molecule has 0 spiro atoms. The Morgan fingerprint density at radius 3 is 3.00 bits per heavy atom. The lowest BCUT2D eigenvalue weighted by Crippen LogP contribution is -2.25. The lowest BCUT2D eigenvalue weighted by Gasteiger charge is -2.01. The van der Waals surface area contributed by atoms with Gasteiger partial charge in [0.25, 0.3) is 5.91 Å². The van der Waals surface area contributed by atoms with Gasteiger partial charge in [-0.1, -0.05) is 6.07 Å². The van der Waals surface area contributed by atoms with Crippen LogP contribution in [0.25, 0.3) is 0 Å². The van der Waals surface area contributed by atoms with Crippen LogP contribution in [0.15, 0.2) is 18.2 Å². The van der Waals surface area contributed by atoms with Crippen LogP contribution in [0, 0.1) is 11.9 Å². The van der Waals surface area contributed by atoms with E-state index in [1.165, 1.54) is 18.2 Å². The summed E-state index contributed by atoms with van der Waals surface area (Å²) in [6.07, 6.45) is 2.06. The molecule has 1 amide bonds. The summed E-state index contributed by atoms with van der Waals surface area (Å²) in [7, 11) is 0. The van der Waals surface area contributed by atoms with Gasteiger partial charge in [0.05, 0.1) is 5.56 Å². The molecule has 0 aromatic heterocycles. The van der Waals surface area contributed by atoms with Crippen LogP contribution in [0.2, 0.25) is 0 Å². The van der Waals surface area contributed by atoms with E-state index in [9.17, 15) is 9.18 Å². The maximum atomic E-state index is 12.7. The van der Waals surface area contributed by atoms with Crippen LogP contribution in [0.5, 0.6) is 0 Å². The van der Waals surface area contributed by atoms with Crippen molar-refractivity contribution in [3.05, 3.63) is 35.6 Å². The van der Waals surface area contributed by atoms with Crippen LogP contribution in [0.3, 0.4) is 0 Å². The van der Waals surface area contributed by atoms with E-state index in [2.05, 4.69) is 11.4 Å². The fraction of sp³-hybridized carbons (Fsp3) is 0.300. The predicted octanol–water partition coefficient (Wildman–Crippen LogP) is 1.52. The maximum absolute atomic E-state index is 12.7. The number of nitrogens with one attached hydrogen (secondary N) is 1. The zero-order valence-corrected chi connectivity index (χ0v) is 7.01. The van der Waals surface area contributed by atoms with Gasteiger partial charge >= 0.3 is 0 Å². The lowest BCUT2D eigenvalue weighted by atomic mass is 10.2. The van der Waals surface area contributed by atoms with Crippen molar-refractivity contribution in [2.45, 2.75) is 18.9 Å². The molecular formula is C10H9FNO. The summed E-state index contributed by atoms with van der Waals surface area (Å²) in [5.74, 6) is -0.637. The van der Waals surface area contributed by atoms with Gasteiger partial charge in [-0.25, -0.2) is 4.39 Å². The standard InChI is InChI=1S/C10H9FNO/c11-8-3-1-2-7(6-8)10(13)12-9-4-5-9/h1,3,6,9H,4-5H2,(H,12,13). The van der Waals surface area contributed by atoms with Crippen molar-refractivity contribution < 1.29 is 9.18 Å². The third-order valence-electron chi connectivity index (χ3n) is 1.92. The number of carbonyl (C=O) groups is 1. The van der Waals surface area contributed by atoms with Crippen molar-refractivity contribution in [2.75, 3.05) is 0 Å². The first-order valence-electron chi connectivity index (χ1n) is 4.24. The van der Waals surface area contributed by atoms with Crippen molar-refractivity contribution in [3.8, 4) is 0 Å². The zero-order chi connectivity index (χ0) is 9.26. The molecule has 0 atom stereocenters. The summed E-state index contributed by atoms with van der Waals surface area (Å²) in [4.78, 5) is 11.3. The molecule has 1 radical (unpaired) electrons. The second-order valence-electron chi connectivity index (χ2n) is 3.17. The highest BCUT2D eigenvalue weighted by Gasteiger charge is 2.23. The Hall–Kier alpha value is -1.38. The highest BCUT2D eigenvalue weighted by Crippen LogP contribution is 2.19. The van der Waals surface area contributed by atoms with Crippen molar-refractivity contribution in [2.24, 2.45) is 0 Å². The van der Waals surface area contributed by atoms with Crippen LogP contribution in [0.4, 0.5) is 4.39 Å². The van der Waals surface area contributed by atoms with Crippen LogP contribution < -0.4 is 5.32 Å². The summed E-state index contributed by atoms with van der Waals surface area (Å²) in [5.41, 5.74) is 0.270. The number of hydrogen-bond donors (Lipinski definition) is 1. The monoisotopic (exact) mass is 178 g/mol. The molecule has 0 unspecified atom stereocenters. The minimum Gasteiger partial charge on any atom is -0.349 e. The molecule has 2 nitrogen and oxygen atoms in total. The highest BCUT2D eigenvalue weighted by molar-refractivity contribution is 5.94. The number of benzene rings is 1. The quantitative estimate of drug-likeness (QED) is 0.730. The first kappa shape index (κ1) is 8.23. The van der Waals surface area contributed by atoms with Crippen LogP contribution >= 0.6 is 0 Å². The van der Waals surface area contributed by atoms with E-state index < -0.39 is 5.82 Å². The van der Waals surface area contributed by atoms with E-state index in [1.807, 2.05) is 0 Å². The fourth-order valence-corrected chi connectivity index (χ4v) is 1.06. The van der Waals surface area contributed by atoms with E-state index in [1.54, 1.807) is 0 Å². The predicted molar refractivity (Wildman–Crippen MR) is 45.7 cm³/mol. The minimum absolute atomic E-state index is 0.234. The topological polar surface area (TPSA) is 29.1 Å². The molecule has 1 fully saturated rings. The second kappa shape index (κ2) is 3.17. The summed E-state index contributed by atoms with van der Waals surface area (Å²) < 4.78 is 12.7. The van der Waals surface area contributed by atoms with Gasteiger partial charge in [0.15, 0.2) is 0 Å². The van der Waals surface area contributed by atoms with Crippen molar-refractivity contribution in [1.29, 1.82) is 0 Å². The number of hydrogen-bond acceptors (Lipinski definition) is 1. The molecule has 13 heavy (non-hydrogen) atoms. The third-order valence-corrected chi connectivity index (χ3v) is 1.92. The Morgan fingerprint density at radius 2 is 2.38 bits per heavy atom. The first-order chi connectivity index (χ1) is 6.25. The molecule has 0 bridgehead atoms. The van der Waals surface area contributed by atoms with Crippen LogP contribution in [0.1, 0.15) is 23.2 Å². The van der Waals surface area contributed by atoms with Gasteiger partial charge in [-0.15, -0.1) is 0 Å². The minimum atomic E-state index is -0.403. The van der Waals surface area contributed by atoms with Crippen LogP contribution in [-0.4, -0.2) is 11.9 Å². The summed E-state index contributed by atoms with van der Waals surface area (Å²) >= 11 is 0. The summed E-state index contributed by atoms with van der Waals surface area (Å²) in [5, 5.41) is 2.76. The van der Waals surface area contributed by atoms with Crippen molar-refractivity contribution >= 4 is 5.91 Å². The Kier molecular flexibility index (Phi) is 2.00. The van der Waals surface area contributed by atoms with Gasteiger partial charge in [-0.3, -0.25) is 4.79 Å². The van der Waals surface area contributed by atoms with E-state index in [0.29, 0.717) is 6.04 Å². The summed E-state index contributed by atoms with van der Waals surface area (Å²) in [6, 6.07) is 6.86. The van der Waals surface area contributed by atoms with E-state index in [0.717, 1.165) is 12.8 Å². The third kappa shape index (κ3) is 2.05. The summed E-state index contributed by atoms with van der Waals surface area (Å²) in [6.45, 7) is 0. The lowest BCUT2D eigenvalue weighted by molar-refractivity contribution is 0.0950. The van der Waals surface area contributed by atoms with E-state index in [-0.39, 0.29) is 11.5 Å². The first-order valence-corrected chi connectivity index (χ1v) is 4.24. The molecule has 1 N–H and O–H groups in total. The molecule has 2 rings (SSSR count). The Bertz CT molecular complexity index is 333. The molecular weight excluding hydrogens is 169 g/mol. The second-order valence-corrected chi connectivity index (χ2v) is 3.17. The largest absolute Gasteiger partial charge is 0.349 e. The average Bonchev–Trinajstić information content (AvgIpc) is 2.88. The molecule has 0 saturated heterocycles. The fourth-order valence-electron chi connectivity index (χ4n) is 1.06. The number of carbonyl (C=O) groups excluding carboxylic acids is 1. The highest BCUT2D eigenvalue weighted by atomic mass is 19.1. The molecule has 1 aliphatic rings. The van der Waals surface area contributed by atoms with E-state index >= 15 is 0 Å². The molecule has 1 aromatic rings. The van der Waals surface area contributed by atoms with Gasteiger partial charge in [-0.2, -0.15) is 0 Å². The molecule has 0 heterocycles. The number of halogens is 1. The molecule has 3 heteroatoms. The molecule has 1 saturated carbocycles. The van der Waals surface area contributed by atoms with Gasteiger partial charge < -0.3 is 5.32 Å². The van der Waals surface area contributed by atoms with Gasteiger partial charge in [0.2, 0.25) is 0 Å². The molecule has 1 aromatic carbocycles.